The van der Waals surface area contributed by atoms with Gasteiger partial charge in [-0.25, -0.2) is 9.78 Å². The van der Waals surface area contributed by atoms with Crippen molar-refractivity contribution in [2.24, 2.45) is 0 Å². The molecule has 9 heteroatoms. The van der Waals surface area contributed by atoms with Crippen molar-refractivity contribution >= 4 is 29.3 Å². The Morgan fingerprint density at radius 3 is 2.25 bits per heavy atom. The van der Waals surface area contributed by atoms with Crippen LogP contribution < -0.4 is 15.0 Å². The highest BCUT2D eigenvalue weighted by molar-refractivity contribution is 6.06. The van der Waals surface area contributed by atoms with Crippen LogP contribution in [0.15, 0.2) is 66.9 Å². The Morgan fingerprint density at radius 2 is 1.61 bits per heavy atom. The standard InChI is InChI=1S/C27H28N4O5/c1-3-36-23-7-5-4-6-22(23)25(32)29-21-12-13-24(28-18-21)30-14-16-31(17-15-30)26(33)19-8-10-20(11-9-19)27(34)35-2/h4-13,18H,3,14-17H2,1-2H3,(H,29,32). The zero-order valence-electron chi connectivity index (χ0n) is 20.3. The molecule has 0 saturated carbocycles. The van der Waals surface area contributed by atoms with Gasteiger partial charge in [-0.2, -0.15) is 0 Å². The molecule has 1 N–H and O–H groups in total. The number of methoxy groups -OCH3 is 1. The van der Waals surface area contributed by atoms with Crippen LogP contribution in [0.2, 0.25) is 0 Å². The molecule has 1 aliphatic rings. The summed E-state index contributed by atoms with van der Waals surface area (Å²) in [4.78, 5) is 45.5. The van der Waals surface area contributed by atoms with Gasteiger partial charge in [0.15, 0.2) is 0 Å². The molecule has 9 nitrogen and oxygen atoms in total. The predicted molar refractivity (Wildman–Crippen MR) is 136 cm³/mol. The summed E-state index contributed by atoms with van der Waals surface area (Å²) in [7, 11) is 1.32. The molecule has 36 heavy (non-hydrogen) atoms. The first-order chi connectivity index (χ1) is 17.5. The van der Waals surface area contributed by atoms with Crippen molar-refractivity contribution in [2.45, 2.75) is 6.92 Å². The lowest BCUT2D eigenvalue weighted by atomic mass is 10.1. The van der Waals surface area contributed by atoms with Crippen molar-refractivity contribution < 1.29 is 23.9 Å². The van der Waals surface area contributed by atoms with Gasteiger partial charge in [-0.05, 0) is 55.5 Å². The lowest BCUT2D eigenvalue weighted by Crippen LogP contribution is -2.49. The minimum Gasteiger partial charge on any atom is -0.493 e. The van der Waals surface area contributed by atoms with E-state index in [2.05, 4.69) is 15.2 Å². The highest BCUT2D eigenvalue weighted by Gasteiger charge is 2.23. The molecule has 1 saturated heterocycles. The number of rotatable bonds is 7. The second-order valence-electron chi connectivity index (χ2n) is 8.14. The van der Waals surface area contributed by atoms with Crippen LogP contribution in [0, 0.1) is 0 Å². The van der Waals surface area contributed by atoms with Crippen LogP contribution >= 0.6 is 0 Å². The predicted octanol–water partition coefficient (Wildman–Crippen LogP) is 3.48. The van der Waals surface area contributed by atoms with Gasteiger partial charge in [0.1, 0.15) is 11.6 Å². The fourth-order valence-electron chi connectivity index (χ4n) is 3.97. The number of esters is 1. The summed E-state index contributed by atoms with van der Waals surface area (Å²) < 4.78 is 10.2. The molecule has 0 bridgehead atoms. The van der Waals surface area contributed by atoms with Crippen molar-refractivity contribution in [3.8, 4) is 5.75 Å². The van der Waals surface area contributed by atoms with Crippen LogP contribution in [-0.4, -0.2) is 67.6 Å². The number of hydrogen-bond donors (Lipinski definition) is 1. The monoisotopic (exact) mass is 488 g/mol. The number of hydrogen-bond acceptors (Lipinski definition) is 7. The van der Waals surface area contributed by atoms with Crippen molar-refractivity contribution in [1.82, 2.24) is 9.88 Å². The van der Waals surface area contributed by atoms with Gasteiger partial charge in [0, 0.05) is 31.7 Å². The first kappa shape index (κ1) is 24.7. The third kappa shape index (κ3) is 5.63. The Kier molecular flexibility index (Phi) is 7.79. The molecule has 186 valence electrons. The molecule has 2 aromatic carbocycles. The Labute approximate surface area is 209 Å². The van der Waals surface area contributed by atoms with Gasteiger partial charge in [0.2, 0.25) is 0 Å². The molecule has 0 aliphatic carbocycles. The molecule has 0 spiro atoms. The number of carbonyl (C=O) groups is 3. The topological polar surface area (TPSA) is 101 Å². The van der Waals surface area contributed by atoms with E-state index in [1.807, 2.05) is 25.1 Å². The van der Waals surface area contributed by atoms with Crippen molar-refractivity contribution in [1.29, 1.82) is 0 Å². The average molecular weight is 489 g/mol. The molecule has 2 heterocycles. The summed E-state index contributed by atoms with van der Waals surface area (Å²) in [6.07, 6.45) is 1.62. The highest BCUT2D eigenvalue weighted by atomic mass is 16.5. The van der Waals surface area contributed by atoms with Gasteiger partial charge >= 0.3 is 5.97 Å². The van der Waals surface area contributed by atoms with Crippen molar-refractivity contribution in [3.05, 3.63) is 83.6 Å². The third-order valence-electron chi connectivity index (χ3n) is 5.88. The number of para-hydroxylation sites is 1. The number of nitrogens with zero attached hydrogens (tertiary/aromatic N) is 3. The van der Waals surface area contributed by atoms with Crippen molar-refractivity contribution in [3.63, 3.8) is 0 Å². The van der Waals surface area contributed by atoms with Crippen LogP contribution in [0.3, 0.4) is 0 Å². The van der Waals surface area contributed by atoms with Crippen LogP contribution in [0.5, 0.6) is 5.75 Å². The summed E-state index contributed by atoms with van der Waals surface area (Å²) in [5.74, 6) is 0.534. The number of amides is 2. The molecule has 0 unspecified atom stereocenters. The summed E-state index contributed by atoms with van der Waals surface area (Å²) in [6.45, 7) is 4.70. The number of benzene rings is 2. The SMILES string of the molecule is CCOc1ccccc1C(=O)Nc1ccc(N2CCN(C(=O)c3ccc(C(=O)OC)cc3)CC2)nc1. The van der Waals surface area contributed by atoms with Crippen LogP contribution in [0.4, 0.5) is 11.5 Å². The molecule has 1 aliphatic heterocycles. The van der Waals surface area contributed by atoms with E-state index in [1.54, 1.807) is 53.6 Å². The van der Waals surface area contributed by atoms with Gasteiger partial charge in [-0.15, -0.1) is 0 Å². The maximum atomic E-state index is 12.8. The average Bonchev–Trinajstić information content (AvgIpc) is 2.93. The number of anilines is 2. The first-order valence-electron chi connectivity index (χ1n) is 11.7. The van der Waals surface area contributed by atoms with E-state index in [-0.39, 0.29) is 11.8 Å². The van der Waals surface area contributed by atoms with E-state index in [0.29, 0.717) is 60.9 Å². The Hall–Kier alpha value is -4.40. The minimum absolute atomic E-state index is 0.0792. The molecule has 4 rings (SSSR count). The number of nitrogens with one attached hydrogen (secondary N) is 1. The molecular weight excluding hydrogens is 460 g/mol. The summed E-state index contributed by atoms with van der Waals surface area (Å²) in [5.41, 5.74) is 1.98. The van der Waals surface area contributed by atoms with Gasteiger partial charge in [0.25, 0.3) is 11.8 Å². The van der Waals surface area contributed by atoms with Crippen LogP contribution in [-0.2, 0) is 4.74 Å². The maximum Gasteiger partial charge on any atom is 0.337 e. The Balaban J connectivity index is 1.32. The van der Waals surface area contributed by atoms with E-state index < -0.39 is 5.97 Å². The van der Waals surface area contributed by atoms with Crippen LogP contribution in [0.1, 0.15) is 38.0 Å². The Morgan fingerprint density at radius 1 is 0.917 bits per heavy atom. The number of aromatic nitrogens is 1. The molecule has 3 aromatic rings. The van der Waals surface area contributed by atoms with E-state index in [9.17, 15) is 14.4 Å². The molecule has 2 amide bonds. The second-order valence-corrected chi connectivity index (χ2v) is 8.14. The van der Waals surface area contributed by atoms with E-state index >= 15 is 0 Å². The smallest absolute Gasteiger partial charge is 0.337 e. The number of ether oxygens (including phenoxy) is 2. The number of pyridine rings is 1. The fourth-order valence-corrected chi connectivity index (χ4v) is 3.97. The first-order valence-corrected chi connectivity index (χ1v) is 11.7. The summed E-state index contributed by atoms with van der Waals surface area (Å²) in [5, 5.41) is 2.86. The fraction of sp³-hybridized carbons (Fsp3) is 0.259. The largest absolute Gasteiger partial charge is 0.493 e. The van der Waals surface area contributed by atoms with E-state index in [0.717, 1.165) is 5.82 Å². The lowest BCUT2D eigenvalue weighted by molar-refractivity contribution is 0.0599. The van der Waals surface area contributed by atoms with E-state index in [4.69, 9.17) is 9.47 Å². The lowest BCUT2D eigenvalue weighted by Gasteiger charge is -2.35. The zero-order chi connectivity index (χ0) is 25.5. The molecule has 1 fully saturated rings. The van der Waals surface area contributed by atoms with Gasteiger partial charge in [0.05, 0.1) is 36.7 Å². The molecule has 0 radical (unpaired) electrons. The van der Waals surface area contributed by atoms with Gasteiger partial charge < -0.3 is 24.6 Å². The highest BCUT2D eigenvalue weighted by Crippen LogP contribution is 2.21. The number of piperazine rings is 1. The molecule has 0 atom stereocenters. The van der Waals surface area contributed by atoms with E-state index in [1.165, 1.54) is 7.11 Å². The van der Waals surface area contributed by atoms with Crippen LogP contribution in [0.25, 0.3) is 0 Å². The third-order valence-corrected chi connectivity index (χ3v) is 5.88. The van der Waals surface area contributed by atoms with Gasteiger partial charge in [-0.3, -0.25) is 9.59 Å². The quantitative estimate of drug-likeness (QED) is 0.508. The zero-order valence-corrected chi connectivity index (χ0v) is 20.3. The minimum atomic E-state index is -0.434. The normalized spacial score (nSPS) is 13.2. The second kappa shape index (κ2) is 11.4. The van der Waals surface area contributed by atoms with Crippen molar-refractivity contribution in [2.75, 3.05) is 50.1 Å². The summed E-state index contributed by atoms with van der Waals surface area (Å²) >= 11 is 0. The summed E-state index contributed by atoms with van der Waals surface area (Å²) in [6, 6.07) is 17.2. The Bertz CT molecular complexity index is 1220. The molecule has 1 aromatic heterocycles. The maximum absolute atomic E-state index is 12.8. The van der Waals surface area contributed by atoms with Gasteiger partial charge in [-0.1, -0.05) is 12.1 Å². The molecular formula is C27H28N4O5. The number of carbonyl (C=O) groups excluding carboxylic acids is 3.